The molecule has 1 aliphatic rings. The number of anilines is 1. The van der Waals surface area contributed by atoms with E-state index in [1.807, 2.05) is 62.4 Å². The summed E-state index contributed by atoms with van der Waals surface area (Å²) in [4.78, 5) is 28.4. The number of thiophene rings is 1. The zero-order valence-corrected chi connectivity index (χ0v) is 17.5. The molecule has 3 aromatic rings. The van der Waals surface area contributed by atoms with E-state index < -0.39 is 17.7 Å². The minimum atomic E-state index is -0.733. The third-order valence-corrected chi connectivity index (χ3v) is 5.95. The predicted octanol–water partition coefficient (Wildman–Crippen LogP) is 5.24. The number of rotatable bonds is 6. The number of benzene rings is 2. The van der Waals surface area contributed by atoms with E-state index in [-0.39, 0.29) is 11.4 Å². The monoisotopic (exact) mass is 419 g/mol. The molecule has 0 spiro atoms. The van der Waals surface area contributed by atoms with E-state index in [1.54, 1.807) is 17.5 Å². The minimum absolute atomic E-state index is 0.0925. The highest BCUT2D eigenvalue weighted by Gasteiger charge is 2.45. The standard InChI is InChI=1S/C24H21NO4S/c1-3-29-17-12-10-16(11-13-17)21-20(22(26)19-9-6-14-30-19)23(27)24(28)25(21)18-8-5-4-7-15(18)2/h4-14,21,27H,3H2,1-2H3. The van der Waals surface area contributed by atoms with Crippen molar-refractivity contribution in [2.24, 2.45) is 0 Å². The number of aliphatic hydroxyl groups is 1. The van der Waals surface area contributed by atoms with Crippen LogP contribution in [0.15, 0.2) is 77.4 Å². The number of carbonyl (C=O) groups excluding carboxylic acids is 2. The second kappa shape index (κ2) is 8.16. The number of Topliss-reactive ketones (excluding diaryl/α,β-unsaturated/α-hetero) is 1. The summed E-state index contributed by atoms with van der Waals surface area (Å²) in [5.74, 6) is -0.725. The highest BCUT2D eigenvalue weighted by atomic mass is 32.1. The minimum Gasteiger partial charge on any atom is -0.503 e. The van der Waals surface area contributed by atoms with E-state index in [4.69, 9.17) is 4.74 Å². The zero-order chi connectivity index (χ0) is 21.3. The van der Waals surface area contributed by atoms with Crippen LogP contribution in [0.5, 0.6) is 5.75 Å². The fraction of sp³-hybridized carbons (Fsp3) is 0.167. The van der Waals surface area contributed by atoms with Crippen LogP contribution in [-0.2, 0) is 4.79 Å². The number of carbonyl (C=O) groups is 2. The number of hydrogen-bond acceptors (Lipinski definition) is 5. The number of aryl methyl sites for hydroxylation is 1. The summed E-state index contributed by atoms with van der Waals surface area (Å²) < 4.78 is 5.52. The van der Waals surface area contributed by atoms with Gasteiger partial charge in [-0.1, -0.05) is 36.4 Å². The van der Waals surface area contributed by atoms with E-state index in [0.29, 0.717) is 22.9 Å². The van der Waals surface area contributed by atoms with Crippen molar-refractivity contribution in [2.75, 3.05) is 11.5 Å². The molecule has 1 aliphatic heterocycles. The molecule has 4 rings (SSSR count). The smallest absolute Gasteiger partial charge is 0.294 e. The van der Waals surface area contributed by atoms with Gasteiger partial charge in [0.05, 0.1) is 23.1 Å². The Hall–Kier alpha value is -3.38. The summed E-state index contributed by atoms with van der Waals surface area (Å²) in [6.45, 7) is 4.34. The van der Waals surface area contributed by atoms with Crippen LogP contribution in [-0.4, -0.2) is 23.4 Å². The Morgan fingerprint density at radius 1 is 1.10 bits per heavy atom. The van der Waals surface area contributed by atoms with Crippen molar-refractivity contribution in [3.05, 3.63) is 93.4 Å². The molecule has 0 radical (unpaired) electrons. The van der Waals surface area contributed by atoms with Crippen LogP contribution in [0.3, 0.4) is 0 Å². The number of amides is 1. The first kappa shape index (κ1) is 19.9. The second-order valence-corrected chi connectivity index (χ2v) is 7.88. The molecule has 1 amide bonds. The third kappa shape index (κ3) is 3.39. The highest BCUT2D eigenvalue weighted by Crippen LogP contribution is 2.43. The summed E-state index contributed by atoms with van der Waals surface area (Å²) >= 11 is 1.28. The zero-order valence-electron chi connectivity index (χ0n) is 16.7. The van der Waals surface area contributed by atoms with Gasteiger partial charge in [-0.15, -0.1) is 11.3 Å². The van der Waals surface area contributed by atoms with Crippen molar-refractivity contribution in [1.82, 2.24) is 0 Å². The normalized spacial score (nSPS) is 16.3. The topological polar surface area (TPSA) is 66.8 Å². The lowest BCUT2D eigenvalue weighted by Crippen LogP contribution is -2.31. The molecule has 0 bridgehead atoms. The molecule has 0 aliphatic carbocycles. The van der Waals surface area contributed by atoms with Gasteiger partial charge in [-0.2, -0.15) is 0 Å². The van der Waals surface area contributed by atoms with Gasteiger partial charge < -0.3 is 9.84 Å². The molecule has 1 aromatic heterocycles. The van der Waals surface area contributed by atoms with Gasteiger partial charge in [0.25, 0.3) is 5.91 Å². The summed E-state index contributed by atoms with van der Waals surface area (Å²) in [6.07, 6.45) is 0. The van der Waals surface area contributed by atoms with Crippen molar-refractivity contribution in [2.45, 2.75) is 19.9 Å². The van der Waals surface area contributed by atoms with Gasteiger partial charge in [0.15, 0.2) is 5.76 Å². The molecule has 0 saturated heterocycles. The number of aliphatic hydroxyl groups excluding tert-OH is 1. The summed E-state index contributed by atoms with van der Waals surface area (Å²) in [6, 6.07) is 17.4. The van der Waals surface area contributed by atoms with Crippen molar-refractivity contribution < 1.29 is 19.4 Å². The summed E-state index contributed by atoms with van der Waals surface area (Å²) in [5, 5.41) is 12.6. The largest absolute Gasteiger partial charge is 0.503 e. The van der Waals surface area contributed by atoms with Crippen molar-refractivity contribution in [1.29, 1.82) is 0 Å². The molecule has 30 heavy (non-hydrogen) atoms. The molecule has 1 N–H and O–H groups in total. The van der Waals surface area contributed by atoms with E-state index in [2.05, 4.69) is 0 Å². The Bertz CT molecular complexity index is 1120. The Balaban J connectivity index is 1.86. The summed E-state index contributed by atoms with van der Waals surface area (Å²) in [7, 11) is 0. The van der Waals surface area contributed by atoms with Crippen LogP contribution in [0.1, 0.15) is 33.8 Å². The van der Waals surface area contributed by atoms with Gasteiger partial charge in [0.2, 0.25) is 5.78 Å². The number of nitrogens with zero attached hydrogens (tertiary/aromatic N) is 1. The van der Waals surface area contributed by atoms with Gasteiger partial charge in [0.1, 0.15) is 5.75 Å². The van der Waals surface area contributed by atoms with Crippen LogP contribution < -0.4 is 9.64 Å². The van der Waals surface area contributed by atoms with E-state index in [0.717, 1.165) is 11.1 Å². The lowest BCUT2D eigenvalue weighted by molar-refractivity contribution is -0.117. The molecule has 2 aromatic carbocycles. The quantitative estimate of drug-likeness (QED) is 0.555. The van der Waals surface area contributed by atoms with Crippen LogP contribution in [0.2, 0.25) is 0 Å². The van der Waals surface area contributed by atoms with Gasteiger partial charge in [0, 0.05) is 5.69 Å². The van der Waals surface area contributed by atoms with E-state index in [1.165, 1.54) is 16.2 Å². The Labute approximate surface area is 178 Å². The molecule has 5 nitrogen and oxygen atoms in total. The maximum absolute atomic E-state index is 13.3. The molecule has 0 saturated carbocycles. The average molecular weight is 420 g/mol. The maximum Gasteiger partial charge on any atom is 0.294 e. The highest BCUT2D eigenvalue weighted by molar-refractivity contribution is 7.12. The fourth-order valence-electron chi connectivity index (χ4n) is 3.69. The Kier molecular flexibility index (Phi) is 5.42. The van der Waals surface area contributed by atoms with Crippen LogP contribution in [0.4, 0.5) is 5.69 Å². The fourth-order valence-corrected chi connectivity index (χ4v) is 4.37. The van der Waals surface area contributed by atoms with Crippen molar-refractivity contribution in [3.8, 4) is 5.75 Å². The first-order chi connectivity index (χ1) is 14.5. The van der Waals surface area contributed by atoms with Crippen molar-refractivity contribution in [3.63, 3.8) is 0 Å². The molecular weight excluding hydrogens is 398 g/mol. The summed E-state index contributed by atoms with van der Waals surface area (Å²) in [5.41, 5.74) is 2.34. The SMILES string of the molecule is CCOc1ccc(C2C(C(=O)c3cccs3)=C(O)C(=O)N2c2ccccc2C)cc1. The van der Waals surface area contributed by atoms with E-state index in [9.17, 15) is 14.7 Å². The second-order valence-electron chi connectivity index (χ2n) is 6.93. The lowest BCUT2D eigenvalue weighted by Gasteiger charge is -2.28. The molecule has 1 unspecified atom stereocenters. The molecular formula is C24H21NO4S. The molecule has 0 fully saturated rings. The Morgan fingerprint density at radius 2 is 1.83 bits per heavy atom. The number of hydrogen-bond donors (Lipinski definition) is 1. The molecule has 152 valence electrons. The predicted molar refractivity (Wildman–Crippen MR) is 117 cm³/mol. The third-order valence-electron chi connectivity index (χ3n) is 5.08. The van der Waals surface area contributed by atoms with Gasteiger partial charge in [-0.25, -0.2) is 0 Å². The van der Waals surface area contributed by atoms with Gasteiger partial charge in [-0.3, -0.25) is 14.5 Å². The number of ketones is 1. The molecule has 6 heteroatoms. The molecule has 1 atom stereocenters. The first-order valence-corrected chi connectivity index (χ1v) is 10.5. The lowest BCUT2D eigenvalue weighted by atomic mass is 9.94. The van der Waals surface area contributed by atoms with E-state index >= 15 is 0 Å². The Morgan fingerprint density at radius 3 is 2.47 bits per heavy atom. The van der Waals surface area contributed by atoms with Gasteiger partial charge in [-0.05, 0) is 54.6 Å². The van der Waals surface area contributed by atoms with Gasteiger partial charge >= 0.3 is 0 Å². The van der Waals surface area contributed by atoms with Crippen LogP contribution in [0, 0.1) is 6.92 Å². The average Bonchev–Trinajstić information content (AvgIpc) is 3.37. The van der Waals surface area contributed by atoms with Crippen molar-refractivity contribution >= 4 is 28.7 Å². The first-order valence-electron chi connectivity index (χ1n) is 9.66. The van der Waals surface area contributed by atoms with Crippen LogP contribution in [0.25, 0.3) is 0 Å². The number of ether oxygens (including phenoxy) is 1. The molecule has 2 heterocycles. The number of para-hydroxylation sites is 1. The van der Waals surface area contributed by atoms with Crippen LogP contribution >= 0.6 is 11.3 Å². The maximum atomic E-state index is 13.3.